The molecule has 0 N–H and O–H groups in total. The Morgan fingerprint density at radius 3 is 2.57 bits per heavy atom. The molecule has 0 saturated carbocycles. The first-order valence-corrected chi connectivity index (χ1v) is 6.81. The van der Waals surface area contributed by atoms with E-state index in [9.17, 15) is 0 Å². The summed E-state index contributed by atoms with van der Waals surface area (Å²) in [6, 6.07) is 0. The monoisotopic (exact) mass is 342 g/mol. The summed E-state index contributed by atoms with van der Waals surface area (Å²) in [5.41, 5.74) is 0.963. The maximum atomic E-state index is 5.97. The highest BCUT2D eigenvalue weighted by Gasteiger charge is 2.07. The average molecular weight is 343 g/mol. The van der Waals surface area contributed by atoms with Gasteiger partial charge in [0, 0.05) is 0 Å². The first-order valence-electron chi connectivity index (χ1n) is 4.31. The van der Waals surface area contributed by atoms with Crippen molar-refractivity contribution >= 4 is 46.0 Å². The molecule has 0 atom stereocenters. The zero-order valence-electron chi connectivity index (χ0n) is 8.34. The number of halogens is 2. The van der Waals surface area contributed by atoms with Crippen LogP contribution in [0.1, 0.15) is 25.4 Å². The molecule has 0 spiro atoms. The van der Waals surface area contributed by atoms with Crippen LogP contribution in [-0.2, 0) is 5.75 Å². The molecule has 2 nitrogen and oxygen atoms in total. The van der Waals surface area contributed by atoms with Crippen LogP contribution >= 0.6 is 46.0 Å². The molecule has 1 rings (SSSR count). The van der Waals surface area contributed by atoms with Gasteiger partial charge in [0.2, 0.25) is 0 Å². The minimum atomic E-state index is 0.567. The zero-order chi connectivity index (χ0) is 10.7. The summed E-state index contributed by atoms with van der Waals surface area (Å²) < 4.78 is 0.947. The fourth-order valence-corrected chi connectivity index (χ4v) is 1.97. The van der Waals surface area contributed by atoms with Gasteiger partial charge in [0.25, 0.3) is 0 Å². The fraction of sp³-hybridized carbons (Fsp3) is 0.556. The molecule has 0 unspecified atom stereocenters. The predicted molar refractivity (Wildman–Crippen MR) is 70.9 cm³/mol. The lowest BCUT2D eigenvalue weighted by Gasteiger charge is -2.06. The lowest BCUT2D eigenvalue weighted by atomic mass is 10.4. The van der Waals surface area contributed by atoms with Gasteiger partial charge in [-0.2, -0.15) is 11.8 Å². The molecule has 1 aromatic heterocycles. The highest BCUT2D eigenvalue weighted by molar-refractivity contribution is 14.1. The number of hydrogen-bond donors (Lipinski definition) is 0. The highest BCUT2D eigenvalue weighted by atomic mass is 127. The van der Waals surface area contributed by atoms with E-state index in [2.05, 4.69) is 46.4 Å². The van der Waals surface area contributed by atoms with Gasteiger partial charge in [-0.15, -0.1) is 0 Å². The maximum Gasteiger partial charge on any atom is 0.146 e. The van der Waals surface area contributed by atoms with Crippen molar-refractivity contribution in [2.75, 3.05) is 0 Å². The van der Waals surface area contributed by atoms with E-state index in [1.54, 1.807) is 0 Å². The first-order chi connectivity index (χ1) is 6.50. The third-order valence-corrected chi connectivity index (χ3v) is 4.54. The molecule has 0 bridgehead atoms. The minimum absolute atomic E-state index is 0.567. The molecule has 1 aromatic rings. The van der Waals surface area contributed by atoms with E-state index >= 15 is 0 Å². The Morgan fingerprint density at radius 2 is 2.07 bits per heavy atom. The molecule has 1 heterocycles. The Labute approximate surface area is 107 Å². The smallest absolute Gasteiger partial charge is 0.146 e. The quantitative estimate of drug-likeness (QED) is 0.619. The molecular weight excluding hydrogens is 331 g/mol. The van der Waals surface area contributed by atoms with Gasteiger partial charge in [-0.1, -0.05) is 25.4 Å². The second-order valence-electron chi connectivity index (χ2n) is 3.19. The van der Waals surface area contributed by atoms with Crippen LogP contribution in [0.15, 0.2) is 0 Å². The number of aromatic nitrogens is 2. The van der Waals surface area contributed by atoms with E-state index in [-0.39, 0.29) is 0 Å². The molecular formula is C9H12ClIN2S. The van der Waals surface area contributed by atoms with Crippen LogP contribution in [0.5, 0.6) is 0 Å². The summed E-state index contributed by atoms with van der Waals surface area (Å²) >= 11 is 9.95. The lowest BCUT2D eigenvalue weighted by molar-refractivity contribution is 0.977. The fourth-order valence-electron chi connectivity index (χ4n) is 0.885. The van der Waals surface area contributed by atoms with E-state index in [4.69, 9.17) is 11.6 Å². The Morgan fingerprint density at radius 1 is 1.43 bits per heavy atom. The minimum Gasteiger partial charge on any atom is -0.236 e. The van der Waals surface area contributed by atoms with Gasteiger partial charge in [-0.05, 0) is 34.8 Å². The molecule has 5 heteroatoms. The Hall–Kier alpha value is 0.450. The SMILES string of the molecule is Cc1nc(CSC(C)C)nc(Cl)c1I. The molecule has 0 saturated heterocycles. The topological polar surface area (TPSA) is 25.8 Å². The normalized spacial score (nSPS) is 11.0. The molecule has 0 fully saturated rings. The summed E-state index contributed by atoms with van der Waals surface area (Å²) in [6.45, 7) is 6.27. The standard InChI is InChI=1S/C9H12ClIN2S/c1-5(2)14-4-7-12-6(3)8(11)9(10)13-7/h5H,4H2,1-3H3. The van der Waals surface area contributed by atoms with Crippen LogP contribution in [-0.4, -0.2) is 15.2 Å². The van der Waals surface area contributed by atoms with Gasteiger partial charge < -0.3 is 0 Å². The predicted octanol–water partition coefficient (Wildman–Crippen LogP) is 3.68. The van der Waals surface area contributed by atoms with Gasteiger partial charge in [-0.3, -0.25) is 0 Å². The van der Waals surface area contributed by atoms with Gasteiger partial charge in [0.05, 0.1) is 15.0 Å². The summed E-state index contributed by atoms with van der Waals surface area (Å²) in [5.74, 6) is 1.65. The lowest BCUT2D eigenvalue weighted by Crippen LogP contribution is -2.00. The number of rotatable bonds is 3. The van der Waals surface area contributed by atoms with Crippen molar-refractivity contribution in [2.24, 2.45) is 0 Å². The van der Waals surface area contributed by atoms with Crippen molar-refractivity contribution in [3.05, 3.63) is 20.2 Å². The highest BCUT2D eigenvalue weighted by Crippen LogP contribution is 2.21. The molecule has 0 aliphatic heterocycles. The van der Waals surface area contributed by atoms with Gasteiger partial charge in [0.15, 0.2) is 0 Å². The largest absolute Gasteiger partial charge is 0.236 e. The molecule has 0 amide bonds. The van der Waals surface area contributed by atoms with E-state index in [1.165, 1.54) is 0 Å². The molecule has 78 valence electrons. The summed E-state index contributed by atoms with van der Waals surface area (Å²) in [4.78, 5) is 8.61. The van der Waals surface area contributed by atoms with Crippen LogP contribution < -0.4 is 0 Å². The third-order valence-electron chi connectivity index (χ3n) is 1.57. The summed E-state index contributed by atoms with van der Waals surface area (Å²) in [5, 5.41) is 1.16. The molecule has 0 radical (unpaired) electrons. The number of thioether (sulfide) groups is 1. The number of aryl methyl sites for hydroxylation is 1. The van der Waals surface area contributed by atoms with Crippen molar-refractivity contribution in [3.63, 3.8) is 0 Å². The maximum absolute atomic E-state index is 5.97. The number of hydrogen-bond acceptors (Lipinski definition) is 3. The van der Waals surface area contributed by atoms with E-state index < -0.39 is 0 Å². The second kappa shape index (κ2) is 5.51. The first kappa shape index (κ1) is 12.5. The summed E-state index contributed by atoms with van der Waals surface area (Å²) in [7, 11) is 0. The van der Waals surface area contributed by atoms with E-state index in [1.807, 2.05) is 18.7 Å². The van der Waals surface area contributed by atoms with Crippen LogP contribution in [0, 0.1) is 10.5 Å². The van der Waals surface area contributed by atoms with Crippen molar-refractivity contribution in [2.45, 2.75) is 31.8 Å². The van der Waals surface area contributed by atoms with Crippen molar-refractivity contribution in [1.82, 2.24) is 9.97 Å². The zero-order valence-corrected chi connectivity index (χ0v) is 12.1. The van der Waals surface area contributed by atoms with Crippen LogP contribution in [0.3, 0.4) is 0 Å². The van der Waals surface area contributed by atoms with Gasteiger partial charge >= 0.3 is 0 Å². The molecule has 0 aliphatic rings. The van der Waals surface area contributed by atoms with Crippen molar-refractivity contribution < 1.29 is 0 Å². The molecule has 14 heavy (non-hydrogen) atoms. The van der Waals surface area contributed by atoms with Crippen molar-refractivity contribution in [3.8, 4) is 0 Å². The Balaban J connectivity index is 2.79. The van der Waals surface area contributed by atoms with Gasteiger partial charge in [0.1, 0.15) is 11.0 Å². The Bertz CT molecular complexity index is 308. The second-order valence-corrected chi connectivity index (χ2v) is 6.19. The van der Waals surface area contributed by atoms with Crippen LogP contribution in [0.2, 0.25) is 5.15 Å². The summed E-state index contributed by atoms with van der Waals surface area (Å²) in [6.07, 6.45) is 0. The Kier molecular flexibility index (Phi) is 4.93. The third kappa shape index (κ3) is 3.55. The molecule has 0 aromatic carbocycles. The van der Waals surface area contributed by atoms with Crippen LogP contribution in [0.4, 0.5) is 0 Å². The van der Waals surface area contributed by atoms with Gasteiger partial charge in [-0.25, -0.2) is 9.97 Å². The van der Waals surface area contributed by atoms with E-state index in [0.29, 0.717) is 10.4 Å². The van der Waals surface area contributed by atoms with Crippen molar-refractivity contribution in [1.29, 1.82) is 0 Å². The average Bonchev–Trinajstić information content (AvgIpc) is 2.10. The van der Waals surface area contributed by atoms with Crippen LogP contribution in [0.25, 0.3) is 0 Å². The number of nitrogens with zero attached hydrogens (tertiary/aromatic N) is 2. The van der Waals surface area contributed by atoms with E-state index in [0.717, 1.165) is 20.8 Å². The molecule has 0 aliphatic carbocycles.